The van der Waals surface area contributed by atoms with Crippen molar-refractivity contribution in [3.8, 4) is 17.2 Å². The number of aliphatic hydroxyl groups excluding tert-OH is 1. The third-order valence-corrected chi connectivity index (χ3v) is 8.66. The van der Waals surface area contributed by atoms with Crippen molar-refractivity contribution in [1.82, 2.24) is 14.4 Å². The number of carbonyl (C=O) groups is 2. The first kappa shape index (κ1) is 30.5. The van der Waals surface area contributed by atoms with E-state index in [0.29, 0.717) is 36.6 Å². The van der Waals surface area contributed by atoms with Crippen LogP contribution >= 0.6 is 0 Å². The molecule has 4 aromatic rings. The van der Waals surface area contributed by atoms with Crippen LogP contribution in [0.1, 0.15) is 35.3 Å². The zero-order valence-electron chi connectivity index (χ0n) is 26.2. The number of nitrogens with one attached hydrogen (secondary N) is 1. The molecule has 0 saturated carbocycles. The summed E-state index contributed by atoms with van der Waals surface area (Å²) in [5.74, 6) is 1.52. The van der Waals surface area contributed by atoms with Gasteiger partial charge in [0.1, 0.15) is 11.9 Å². The molecule has 0 unspecified atom stereocenters. The van der Waals surface area contributed by atoms with Gasteiger partial charge in [0, 0.05) is 55.4 Å². The number of aryl methyl sites for hydroxylation is 1. The van der Waals surface area contributed by atoms with Crippen LogP contribution in [0.25, 0.3) is 10.9 Å². The van der Waals surface area contributed by atoms with E-state index < -0.39 is 0 Å². The molecule has 3 aromatic carbocycles. The maximum atomic E-state index is 13.9. The number of para-hydroxylation sites is 1. The maximum absolute atomic E-state index is 13.9. The molecule has 0 aliphatic carbocycles. The number of benzene rings is 3. The highest BCUT2D eigenvalue weighted by atomic mass is 16.7. The summed E-state index contributed by atoms with van der Waals surface area (Å²) in [4.78, 5) is 30.9. The van der Waals surface area contributed by atoms with Gasteiger partial charge < -0.3 is 34.1 Å². The monoisotopic (exact) mass is 612 g/mol. The lowest BCUT2D eigenvalue weighted by Crippen LogP contribution is -2.49. The van der Waals surface area contributed by atoms with E-state index in [1.54, 1.807) is 23.1 Å². The molecule has 2 amide bonds. The first-order valence-corrected chi connectivity index (χ1v) is 15.3. The van der Waals surface area contributed by atoms with Gasteiger partial charge in [-0.05, 0) is 61.5 Å². The van der Waals surface area contributed by atoms with Crippen molar-refractivity contribution in [2.24, 2.45) is 13.0 Å². The largest absolute Gasteiger partial charge is 0.488 e. The van der Waals surface area contributed by atoms with Crippen LogP contribution in [-0.4, -0.2) is 77.0 Å². The van der Waals surface area contributed by atoms with Crippen LogP contribution in [0.4, 0.5) is 5.69 Å². The fourth-order valence-corrected chi connectivity index (χ4v) is 6.19. The molecule has 45 heavy (non-hydrogen) atoms. The highest BCUT2D eigenvalue weighted by molar-refractivity contribution is 6.00. The Balaban J connectivity index is 1.21. The zero-order chi connectivity index (χ0) is 31.7. The van der Waals surface area contributed by atoms with Gasteiger partial charge in [-0.2, -0.15) is 0 Å². The minimum Gasteiger partial charge on any atom is -0.488 e. The Morgan fingerprint density at radius 2 is 1.87 bits per heavy atom. The van der Waals surface area contributed by atoms with Gasteiger partial charge in [0.05, 0.1) is 24.6 Å². The second-order valence-corrected chi connectivity index (χ2v) is 12.2. The summed E-state index contributed by atoms with van der Waals surface area (Å²) in [5.41, 5.74) is 3.95. The first-order valence-electron chi connectivity index (χ1n) is 15.3. The second kappa shape index (κ2) is 12.8. The van der Waals surface area contributed by atoms with Crippen LogP contribution in [0.3, 0.4) is 0 Å². The molecule has 10 nitrogen and oxygen atoms in total. The lowest BCUT2D eigenvalue weighted by Gasteiger charge is -2.38. The number of amides is 2. The molecule has 1 aromatic heterocycles. The van der Waals surface area contributed by atoms with Crippen molar-refractivity contribution in [1.29, 1.82) is 0 Å². The first-order chi connectivity index (χ1) is 21.7. The molecule has 0 fully saturated rings. The van der Waals surface area contributed by atoms with Gasteiger partial charge in [-0.1, -0.05) is 31.2 Å². The number of carbonyl (C=O) groups excluding carboxylic acids is 2. The quantitative estimate of drug-likeness (QED) is 0.288. The number of aromatic nitrogens is 1. The van der Waals surface area contributed by atoms with Crippen LogP contribution in [0, 0.1) is 5.92 Å². The normalized spacial score (nSPS) is 18.4. The second-order valence-electron chi connectivity index (χ2n) is 12.2. The van der Waals surface area contributed by atoms with Crippen molar-refractivity contribution in [2.75, 3.05) is 38.9 Å². The number of rotatable bonds is 9. The number of anilines is 1. The summed E-state index contributed by atoms with van der Waals surface area (Å²) >= 11 is 0. The molecule has 6 rings (SSSR count). The Kier molecular flexibility index (Phi) is 8.69. The van der Waals surface area contributed by atoms with E-state index in [-0.39, 0.29) is 49.7 Å². The van der Waals surface area contributed by atoms with Crippen molar-refractivity contribution in [2.45, 2.75) is 39.0 Å². The minimum atomic E-state index is -0.387. The lowest BCUT2D eigenvalue weighted by molar-refractivity contribution is -0.115. The van der Waals surface area contributed by atoms with Crippen molar-refractivity contribution < 1.29 is 28.9 Å². The average Bonchev–Trinajstić information content (AvgIpc) is 3.62. The molecule has 0 radical (unpaired) electrons. The zero-order valence-corrected chi connectivity index (χ0v) is 26.2. The number of nitrogens with zero attached hydrogens (tertiary/aromatic N) is 3. The summed E-state index contributed by atoms with van der Waals surface area (Å²) in [7, 11) is 4.00. The van der Waals surface area contributed by atoms with Crippen molar-refractivity contribution in [3.63, 3.8) is 0 Å². The average molecular weight is 613 g/mol. The molecular formula is C35H40N4O6. The number of aliphatic hydroxyl groups is 1. The van der Waals surface area contributed by atoms with Gasteiger partial charge in [0.25, 0.3) is 5.91 Å². The Morgan fingerprint density at radius 1 is 1.09 bits per heavy atom. The molecule has 2 aliphatic heterocycles. The van der Waals surface area contributed by atoms with E-state index in [2.05, 4.69) is 17.1 Å². The number of ether oxygens (including phenoxy) is 3. The van der Waals surface area contributed by atoms with Crippen LogP contribution in [0.5, 0.6) is 17.2 Å². The fraction of sp³-hybridized carbons (Fsp3) is 0.371. The smallest absolute Gasteiger partial charge is 0.258 e. The van der Waals surface area contributed by atoms with E-state index in [1.807, 2.05) is 74.2 Å². The molecular weight excluding hydrogens is 572 g/mol. The maximum Gasteiger partial charge on any atom is 0.258 e. The topological polar surface area (TPSA) is 106 Å². The van der Waals surface area contributed by atoms with E-state index in [0.717, 1.165) is 33.5 Å². The van der Waals surface area contributed by atoms with Crippen LogP contribution in [0.15, 0.2) is 66.9 Å². The Bertz CT molecular complexity index is 1720. The summed E-state index contributed by atoms with van der Waals surface area (Å²) in [6.07, 6.45) is 1.93. The SMILES string of the molecule is C[C@H]1CN([C@@H](C)CO)C(=O)c2cc(NC(=O)Cc3cn(C)c4ccccc34)ccc2O[C@@H]1CN(C)Cc1ccc2c(c1)OCO2. The highest BCUT2D eigenvalue weighted by Crippen LogP contribution is 2.34. The molecule has 2 N–H and O–H groups in total. The van der Waals surface area contributed by atoms with Gasteiger partial charge in [-0.3, -0.25) is 14.5 Å². The van der Waals surface area contributed by atoms with Crippen LogP contribution < -0.4 is 19.5 Å². The Morgan fingerprint density at radius 3 is 2.69 bits per heavy atom. The summed E-state index contributed by atoms with van der Waals surface area (Å²) in [6.45, 7) is 5.67. The van der Waals surface area contributed by atoms with Gasteiger partial charge in [-0.15, -0.1) is 0 Å². The highest BCUT2D eigenvalue weighted by Gasteiger charge is 2.33. The lowest BCUT2D eigenvalue weighted by atomic mass is 9.99. The number of fused-ring (bicyclic) bond motifs is 3. The van der Waals surface area contributed by atoms with Gasteiger partial charge in [0.2, 0.25) is 12.7 Å². The Hall–Kier alpha value is -4.54. The molecule has 0 spiro atoms. The molecule has 0 saturated heterocycles. The van der Waals surface area contributed by atoms with Gasteiger partial charge >= 0.3 is 0 Å². The van der Waals surface area contributed by atoms with Gasteiger partial charge in [0.15, 0.2) is 11.5 Å². The number of likely N-dealkylation sites (N-methyl/N-ethyl adjacent to an activating group) is 1. The molecule has 10 heteroatoms. The van der Waals surface area contributed by atoms with E-state index in [4.69, 9.17) is 14.2 Å². The van der Waals surface area contributed by atoms with Crippen LogP contribution in [0.2, 0.25) is 0 Å². The van der Waals surface area contributed by atoms with Crippen LogP contribution in [-0.2, 0) is 24.8 Å². The summed E-state index contributed by atoms with van der Waals surface area (Å²) in [5, 5.41) is 14.0. The molecule has 0 bridgehead atoms. The Labute approximate surface area is 263 Å². The predicted molar refractivity (Wildman–Crippen MR) is 172 cm³/mol. The van der Waals surface area contributed by atoms with Gasteiger partial charge in [-0.25, -0.2) is 0 Å². The van der Waals surface area contributed by atoms with Crippen molar-refractivity contribution in [3.05, 3.63) is 83.6 Å². The fourth-order valence-electron chi connectivity index (χ4n) is 6.19. The molecule has 3 heterocycles. The number of hydrogen-bond donors (Lipinski definition) is 2. The van der Waals surface area contributed by atoms with E-state index in [9.17, 15) is 14.7 Å². The minimum absolute atomic E-state index is 0.0182. The molecule has 2 aliphatic rings. The standard InChI is InChI=1S/C35H40N4O6/c1-22-16-39(23(2)20-40)35(42)28-15-26(36-34(41)14-25-18-38(4)29-8-6-5-7-27(25)29)10-12-30(28)45-33(22)19-37(3)17-24-9-11-31-32(13-24)44-21-43-31/h5-13,15,18,22-23,33,40H,14,16-17,19-21H2,1-4H3,(H,36,41)/t22-,23-,33+/m0/s1. The predicted octanol–water partition coefficient (Wildman–Crippen LogP) is 4.44. The van der Waals surface area contributed by atoms with Crippen molar-refractivity contribution >= 4 is 28.4 Å². The van der Waals surface area contributed by atoms with E-state index >= 15 is 0 Å². The van der Waals surface area contributed by atoms with E-state index in [1.165, 1.54) is 0 Å². The third-order valence-electron chi connectivity index (χ3n) is 8.66. The molecule has 236 valence electrons. The number of hydrogen-bond acceptors (Lipinski definition) is 7. The third kappa shape index (κ3) is 6.48. The summed E-state index contributed by atoms with van der Waals surface area (Å²) < 4.78 is 19.6. The molecule has 3 atom stereocenters. The summed E-state index contributed by atoms with van der Waals surface area (Å²) in [6, 6.07) is 18.8.